The second-order valence-corrected chi connectivity index (χ2v) is 20.7. The van der Waals surface area contributed by atoms with Crippen molar-refractivity contribution in [1.29, 1.82) is 0 Å². The number of fused-ring (bicyclic) bond motifs is 16. The first-order valence-electron chi connectivity index (χ1n) is 26.1. The van der Waals surface area contributed by atoms with E-state index in [0.717, 1.165) is 34.0 Å². The number of anilines is 6. The molecule has 0 fully saturated rings. The fourth-order valence-corrected chi connectivity index (χ4v) is 13.3. The highest BCUT2D eigenvalue weighted by Crippen LogP contribution is 2.52. The van der Waals surface area contributed by atoms with Crippen molar-refractivity contribution in [2.24, 2.45) is 0 Å². The lowest BCUT2D eigenvalue weighted by Crippen LogP contribution is -2.61. The standard InChI is InChI=1S/C69H48BN5/c1-43-32-35-56-51(38-43)63-67-64(52-39-44(2)33-36-57(52)74(67)49-26-14-7-15-27-49)69-65(68(63)73(56)48-24-12-6-13-25-48)53-40-45(3)34-37-58(53)75(69)50-41-61-66-62(42-50)72(47-22-10-5-11-23-47)60-31-19-17-29-55(60)70(66)54-28-16-18-30-59(54)71(61)46-20-8-4-9-21-46/h4-42H,1-3H3. The first kappa shape index (κ1) is 42.0. The first-order valence-corrected chi connectivity index (χ1v) is 26.1. The van der Waals surface area contributed by atoms with Gasteiger partial charge in [-0.25, -0.2) is 0 Å². The van der Waals surface area contributed by atoms with E-state index in [1.165, 1.54) is 116 Å². The van der Waals surface area contributed by atoms with E-state index in [-0.39, 0.29) is 6.71 Å². The summed E-state index contributed by atoms with van der Waals surface area (Å²) in [4.78, 5) is 5.05. The van der Waals surface area contributed by atoms with E-state index >= 15 is 0 Å². The summed E-state index contributed by atoms with van der Waals surface area (Å²) in [5.74, 6) is 0. The minimum Gasteiger partial charge on any atom is -0.311 e. The molecule has 0 saturated heterocycles. The number of rotatable bonds is 5. The molecular formula is C69H48BN5. The molecule has 2 aliphatic rings. The van der Waals surface area contributed by atoms with Crippen molar-refractivity contribution >= 4 is 123 Å². The fourth-order valence-electron chi connectivity index (χ4n) is 13.3. The molecule has 0 spiro atoms. The summed E-state index contributed by atoms with van der Waals surface area (Å²) >= 11 is 0. The van der Waals surface area contributed by atoms with E-state index in [0.29, 0.717) is 0 Å². The van der Waals surface area contributed by atoms with Gasteiger partial charge in [0.2, 0.25) is 0 Å². The van der Waals surface area contributed by atoms with Crippen molar-refractivity contribution in [3.63, 3.8) is 0 Å². The van der Waals surface area contributed by atoms with Gasteiger partial charge in [0.05, 0.1) is 38.8 Å². The van der Waals surface area contributed by atoms with Gasteiger partial charge in [-0.05, 0) is 146 Å². The second kappa shape index (κ2) is 15.7. The van der Waals surface area contributed by atoms with Crippen LogP contribution in [0.4, 0.5) is 34.1 Å². The quantitative estimate of drug-likeness (QED) is 0.160. The van der Waals surface area contributed by atoms with Crippen LogP contribution in [-0.4, -0.2) is 20.4 Å². The van der Waals surface area contributed by atoms with Crippen LogP contribution in [0.25, 0.3) is 82.5 Å². The molecule has 0 atom stereocenters. The number of benzene rings is 11. The molecule has 3 aromatic heterocycles. The highest BCUT2D eigenvalue weighted by molar-refractivity contribution is 7.00. The van der Waals surface area contributed by atoms with Crippen LogP contribution in [0.2, 0.25) is 0 Å². The molecule has 5 heterocycles. The van der Waals surface area contributed by atoms with Crippen molar-refractivity contribution in [3.8, 4) is 17.1 Å². The van der Waals surface area contributed by atoms with Crippen molar-refractivity contribution < 1.29 is 0 Å². The normalized spacial score (nSPS) is 12.9. The second-order valence-electron chi connectivity index (χ2n) is 20.7. The van der Waals surface area contributed by atoms with Crippen LogP contribution in [0.15, 0.2) is 237 Å². The van der Waals surface area contributed by atoms with Crippen molar-refractivity contribution in [2.45, 2.75) is 20.8 Å². The molecule has 0 aliphatic carbocycles. The number of hydrogen-bond donors (Lipinski definition) is 0. The summed E-state index contributed by atoms with van der Waals surface area (Å²) in [6.45, 7) is 6.71. The Morgan fingerprint density at radius 1 is 0.280 bits per heavy atom. The van der Waals surface area contributed by atoms with Gasteiger partial charge in [0.15, 0.2) is 0 Å². The van der Waals surface area contributed by atoms with Gasteiger partial charge in [-0.1, -0.05) is 144 Å². The van der Waals surface area contributed by atoms with E-state index < -0.39 is 0 Å². The molecule has 0 saturated carbocycles. The molecule has 0 amide bonds. The maximum atomic E-state index is 2.64. The highest BCUT2D eigenvalue weighted by atomic mass is 15.2. The van der Waals surface area contributed by atoms with Crippen LogP contribution >= 0.6 is 0 Å². The zero-order valence-electron chi connectivity index (χ0n) is 41.8. The zero-order valence-corrected chi connectivity index (χ0v) is 41.8. The van der Waals surface area contributed by atoms with Gasteiger partial charge in [0.25, 0.3) is 6.71 Å². The lowest BCUT2D eigenvalue weighted by Gasteiger charge is -2.44. The Labute approximate surface area is 435 Å². The summed E-state index contributed by atoms with van der Waals surface area (Å²) in [7, 11) is 0. The van der Waals surface area contributed by atoms with Gasteiger partial charge in [-0.2, -0.15) is 0 Å². The number of aromatic nitrogens is 3. The van der Waals surface area contributed by atoms with Crippen molar-refractivity contribution in [1.82, 2.24) is 13.7 Å². The summed E-state index contributed by atoms with van der Waals surface area (Å²) < 4.78 is 7.75. The third-order valence-corrected chi connectivity index (χ3v) is 16.3. The average Bonchev–Trinajstić information content (AvgIpc) is 4.21. The molecule has 0 bridgehead atoms. The van der Waals surface area contributed by atoms with Crippen LogP contribution in [0.1, 0.15) is 16.7 Å². The SMILES string of the molecule is Cc1ccc2c(c1)c1c(c3c4cc(C)ccc4n(-c4cc5c6c(c4)N(c4ccccc4)c4ccccc4B6c4ccccc4N5c4ccccc4)c3c3c4cc(C)ccc4n(-c4ccccc4)c13)n2-c1ccccc1. The molecular weight excluding hydrogens is 910 g/mol. The van der Waals surface area contributed by atoms with Crippen molar-refractivity contribution in [3.05, 3.63) is 253 Å². The van der Waals surface area contributed by atoms with Gasteiger partial charge in [-0.3, -0.25) is 0 Å². The summed E-state index contributed by atoms with van der Waals surface area (Å²) in [5.41, 5.74) is 25.0. The van der Waals surface area contributed by atoms with Crippen LogP contribution in [0, 0.1) is 20.8 Å². The minimum absolute atomic E-state index is 0.000338. The maximum absolute atomic E-state index is 2.64. The Kier molecular flexibility index (Phi) is 8.82. The molecule has 16 rings (SSSR count). The van der Waals surface area contributed by atoms with Crippen LogP contribution < -0.4 is 26.2 Å². The van der Waals surface area contributed by atoms with Gasteiger partial charge in [-0.15, -0.1) is 0 Å². The van der Waals surface area contributed by atoms with E-state index in [2.05, 4.69) is 281 Å². The topological polar surface area (TPSA) is 21.3 Å². The smallest absolute Gasteiger partial charge is 0.252 e. The Hall–Kier alpha value is -9.52. The predicted molar refractivity (Wildman–Crippen MR) is 318 cm³/mol. The lowest BCUT2D eigenvalue weighted by atomic mass is 9.33. The minimum atomic E-state index is 0.000338. The predicted octanol–water partition coefficient (Wildman–Crippen LogP) is 16.0. The third kappa shape index (κ3) is 5.85. The highest BCUT2D eigenvalue weighted by Gasteiger charge is 2.44. The van der Waals surface area contributed by atoms with Gasteiger partial charge in [0, 0.05) is 77.8 Å². The monoisotopic (exact) mass is 957 g/mol. The van der Waals surface area contributed by atoms with Gasteiger partial charge in [0.1, 0.15) is 0 Å². The first-order chi connectivity index (χ1) is 37.0. The molecule has 2 aliphatic heterocycles. The van der Waals surface area contributed by atoms with Crippen molar-refractivity contribution in [2.75, 3.05) is 9.80 Å². The molecule has 352 valence electrons. The molecule has 0 unspecified atom stereocenters. The van der Waals surface area contributed by atoms with E-state index in [1.807, 2.05) is 0 Å². The van der Waals surface area contributed by atoms with Crippen LogP contribution in [-0.2, 0) is 0 Å². The third-order valence-electron chi connectivity index (χ3n) is 16.3. The summed E-state index contributed by atoms with van der Waals surface area (Å²) in [6.07, 6.45) is 0. The van der Waals surface area contributed by atoms with E-state index in [4.69, 9.17) is 0 Å². The maximum Gasteiger partial charge on any atom is 0.252 e. The van der Waals surface area contributed by atoms with E-state index in [1.54, 1.807) is 0 Å². The summed E-state index contributed by atoms with van der Waals surface area (Å²) in [6, 6.07) is 88.4. The molecule has 11 aromatic carbocycles. The van der Waals surface area contributed by atoms with Gasteiger partial charge < -0.3 is 23.5 Å². The largest absolute Gasteiger partial charge is 0.311 e. The van der Waals surface area contributed by atoms with Gasteiger partial charge >= 0.3 is 0 Å². The summed E-state index contributed by atoms with van der Waals surface area (Å²) in [5, 5.41) is 7.42. The zero-order chi connectivity index (χ0) is 49.6. The Balaban J connectivity index is 1.17. The number of aryl methyl sites for hydroxylation is 3. The molecule has 5 nitrogen and oxygen atoms in total. The van der Waals surface area contributed by atoms with Crippen LogP contribution in [0.5, 0.6) is 0 Å². The molecule has 75 heavy (non-hydrogen) atoms. The van der Waals surface area contributed by atoms with Crippen LogP contribution in [0.3, 0.4) is 0 Å². The molecule has 6 heteroatoms. The Morgan fingerprint density at radius 3 is 0.973 bits per heavy atom. The number of para-hydroxylation sites is 6. The van der Waals surface area contributed by atoms with E-state index in [9.17, 15) is 0 Å². The average molecular weight is 958 g/mol. The Bertz CT molecular complexity index is 4500. The Morgan fingerprint density at radius 2 is 0.600 bits per heavy atom. The fraction of sp³-hybridized carbons (Fsp3) is 0.0435. The lowest BCUT2D eigenvalue weighted by molar-refractivity contribution is 1.16. The number of hydrogen-bond acceptors (Lipinski definition) is 2. The molecule has 0 radical (unpaired) electrons. The number of nitrogens with zero attached hydrogens (tertiary/aromatic N) is 5. The molecule has 14 aromatic rings. The molecule has 0 N–H and O–H groups in total.